The van der Waals surface area contributed by atoms with Gasteiger partial charge in [0.05, 0.1) is 0 Å². The van der Waals surface area contributed by atoms with Crippen LogP contribution in [0.25, 0.3) is 0 Å². The SMILES string of the molecule is CNCCCCCCNCCCCCCN.F.F.F. The average molecular weight is 289 g/mol. The van der Waals surface area contributed by atoms with E-state index in [1.807, 2.05) is 7.05 Å². The lowest BCUT2D eigenvalue weighted by Crippen LogP contribution is -2.16. The van der Waals surface area contributed by atoms with Gasteiger partial charge < -0.3 is 16.4 Å². The van der Waals surface area contributed by atoms with Gasteiger partial charge in [-0.3, -0.25) is 14.1 Å². The van der Waals surface area contributed by atoms with E-state index in [9.17, 15) is 0 Å². The van der Waals surface area contributed by atoms with Gasteiger partial charge in [0.2, 0.25) is 0 Å². The number of hydrogen-bond acceptors (Lipinski definition) is 3. The molecule has 0 aromatic rings. The van der Waals surface area contributed by atoms with E-state index in [0.717, 1.165) is 13.1 Å². The second-order valence-corrected chi connectivity index (χ2v) is 4.47. The van der Waals surface area contributed by atoms with Crippen LogP contribution >= 0.6 is 0 Å². The molecular weight excluding hydrogens is 255 g/mol. The lowest BCUT2D eigenvalue weighted by Gasteiger charge is -2.04. The third-order valence-corrected chi connectivity index (χ3v) is 2.84. The maximum atomic E-state index is 5.44. The molecule has 0 saturated heterocycles. The highest BCUT2D eigenvalue weighted by molar-refractivity contribution is 4.51. The fourth-order valence-corrected chi connectivity index (χ4v) is 1.78. The van der Waals surface area contributed by atoms with Crippen LogP contribution in [0.3, 0.4) is 0 Å². The van der Waals surface area contributed by atoms with E-state index in [1.54, 1.807) is 0 Å². The van der Waals surface area contributed by atoms with Crippen LogP contribution in [-0.2, 0) is 0 Å². The monoisotopic (exact) mass is 289 g/mol. The second kappa shape index (κ2) is 26.3. The molecule has 0 heterocycles. The standard InChI is InChI=1S/C13H31N3.3FH/c1-15-11-7-4-5-9-13-16-12-8-3-2-6-10-14;;;/h15-16H,2-14H2,1H3;3*1H. The van der Waals surface area contributed by atoms with Crippen LogP contribution in [0, 0.1) is 0 Å². The molecule has 0 spiro atoms. The van der Waals surface area contributed by atoms with Crippen molar-refractivity contribution in [3.63, 3.8) is 0 Å². The fraction of sp³-hybridized carbons (Fsp3) is 1.00. The predicted octanol–water partition coefficient (Wildman–Crippen LogP) is 2.33. The van der Waals surface area contributed by atoms with Crippen LogP contribution in [0.5, 0.6) is 0 Å². The molecule has 0 aliphatic carbocycles. The summed E-state index contributed by atoms with van der Waals surface area (Å²) in [5.41, 5.74) is 5.44. The average Bonchev–Trinajstić information content (AvgIpc) is 2.31. The van der Waals surface area contributed by atoms with Crippen LogP contribution in [-0.4, -0.2) is 33.2 Å². The molecule has 0 bridgehead atoms. The Morgan fingerprint density at radius 3 is 1.47 bits per heavy atom. The summed E-state index contributed by atoms with van der Waals surface area (Å²) >= 11 is 0. The molecule has 0 aromatic heterocycles. The first-order valence-corrected chi connectivity index (χ1v) is 6.97. The van der Waals surface area contributed by atoms with Gasteiger partial charge in [0.15, 0.2) is 0 Å². The Labute approximate surface area is 116 Å². The van der Waals surface area contributed by atoms with E-state index in [0.29, 0.717) is 0 Å². The zero-order chi connectivity index (χ0) is 11.9. The van der Waals surface area contributed by atoms with E-state index < -0.39 is 0 Å². The van der Waals surface area contributed by atoms with E-state index >= 15 is 0 Å². The first-order valence-electron chi connectivity index (χ1n) is 6.97. The van der Waals surface area contributed by atoms with Crippen LogP contribution < -0.4 is 16.4 Å². The molecular formula is C13H34F3N3. The molecule has 0 atom stereocenters. The molecule has 6 heteroatoms. The number of unbranched alkanes of at least 4 members (excludes halogenated alkanes) is 6. The molecule has 3 nitrogen and oxygen atoms in total. The van der Waals surface area contributed by atoms with Crippen molar-refractivity contribution >= 4 is 0 Å². The van der Waals surface area contributed by atoms with Crippen molar-refractivity contribution in [3.8, 4) is 0 Å². The lowest BCUT2D eigenvalue weighted by molar-refractivity contribution is 0.552. The molecule has 0 aromatic carbocycles. The molecule has 19 heavy (non-hydrogen) atoms. The van der Waals surface area contributed by atoms with Gasteiger partial charge in [0.1, 0.15) is 0 Å². The van der Waals surface area contributed by atoms with E-state index in [1.165, 1.54) is 64.5 Å². The largest absolute Gasteiger partial charge is 0.330 e. The van der Waals surface area contributed by atoms with Gasteiger partial charge in [-0.2, -0.15) is 0 Å². The van der Waals surface area contributed by atoms with Crippen LogP contribution in [0.1, 0.15) is 51.4 Å². The van der Waals surface area contributed by atoms with Gasteiger partial charge >= 0.3 is 0 Å². The van der Waals surface area contributed by atoms with Crippen molar-refractivity contribution in [3.05, 3.63) is 0 Å². The first kappa shape index (κ1) is 27.1. The van der Waals surface area contributed by atoms with Crippen LogP contribution in [0.4, 0.5) is 14.1 Å². The summed E-state index contributed by atoms with van der Waals surface area (Å²) < 4.78 is 0. The third kappa shape index (κ3) is 27.0. The van der Waals surface area contributed by atoms with Crippen molar-refractivity contribution in [1.82, 2.24) is 10.6 Å². The number of halogens is 3. The smallest absolute Gasteiger partial charge is 0.00489 e. The molecule has 0 radical (unpaired) electrons. The van der Waals surface area contributed by atoms with Gasteiger partial charge in [0, 0.05) is 0 Å². The van der Waals surface area contributed by atoms with Crippen LogP contribution in [0.2, 0.25) is 0 Å². The number of rotatable bonds is 13. The quantitative estimate of drug-likeness (QED) is 0.456. The second-order valence-electron chi connectivity index (χ2n) is 4.47. The maximum absolute atomic E-state index is 5.44. The maximum Gasteiger partial charge on any atom is -0.00489 e. The summed E-state index contributed by atoms with van der Waals surface area (Å²) in [6, 6.07) is 0. The molecule has 4 N–H and O–H groups in total. The van der Waals surface area contributed by atoms with Gasteiger partial charge in [0.25, 0.3) is 0 Å². The highest BCUT2D eigenvalue weighted by Crippen LogP contribution is 1.99. The zero-order valence-corrected chi connectivity index (χ0v) is 12.3. The van der Waals surface area contributed by atoms with E-state index in [2.05, 4.69) is 10.6 Å². The predicted molar refractivity (Wildman–Crippen MR) is 80.3 cm³/mol. The summed E-state index contributed by atoms with van der Waals surface area (Å²) in [6.07, 6.45) is 10.5. The van der Waals surface area contributed by atoms with Gasteiger partial charge in [-0.1, -0.05) is 25.7 Å². The van der Waals surface area contributed by atoms with Crippen LogP contribution in [0.15, 0.2) is 0 Å². The third-order valence-electron chi connectivity index (χ3n) is 2.84. The number of nitrogens with two attached hydrogens (primary N) is 1. The van der Waals surface area contributed by atoms with Gasteiger partial charge in [-0.15, -0.1) is 0 Å². The molecule has 0 saturated carbocycles. The fourth-order valence-electron chi connectivity index (χ4n) is 1.78. The Morgan fingerprint density at radius 1 is 0.632 bits per heavy atom. The molecule has 0 amide bonds. The van der Waals surface area contributed by atoms with E-state index in [4.69, 9.17) is 5.73 Å². The summed E-state index contributed by atoms with van der Waals surface area (Å²) in [5, 5.41) is 6.69. The molecule has 0 fully saturated rings. The Kier molecular flexibility index (Phi) is 37.5. The van der Waals surface area contributed by atoms with Crippen molar-refractivity contribution in [1.29, 1.82) is 0 Å². The van der Waals surface area contributed by atoms with Crippen molar-refractivity contribution in [2.75, 3.05) is 33.2 Å². The van der Waals surface area contributed by atoms with Crippen molar-refractivity contribution in [2.45, 2.75) is 51.4 Å². The minimum atomic E-state index is 0. The summed E-state index contributed by atoms with van der Waals surface area (Å²) in [4.78, 5) is 0. The molecule has 0 aliphatic rings. The zero-order valence-electron chi connectivity index (χ0n) is 12.3. The molecule has 122 valence electrons. The Balaban J connectivity index is -0.000000375. The number of hydrogen-bond donors (Lipinski definition) is 3. The lowest BCUT2D eigenvalue weighted by atomic mass is 10.2. The van der Waals surface area contributed by atoms with Crippen molar-refractivity contribution < 1.29 is 14.1 Å². The highest BCUT2D eigenvalue weighted by Gasteiger charge is 1.91. The highest BCUT2D eigenvalue weighted by atomic mass is 19.0. The summed E-state index contributed by atoms with van der Waals surface area (Å²) in [5.74, 6) is 0. The minimum absolute atomic E-state index is 0. The van der Waals surface area contributed by atoms with E-state index in [-0.39, 0.29) is 14.1 Å². The molecule has 0 aliphatic heterocycles. The van der Waals surface area contributed by atoms with Crippen molar-refractivity contribution in [2.24, 2.45) is 5.73 Å². The molecule has 0 rings (SSSR count). The van der Waals surface area contributed by atoms with Gasteiger partial charge in [-0.25, -0.2) is 0 Å². The molecule has 0 unspecified atom stereocenters. The number of nitrogens with one attached hydrogen (secondary N) is 2. The first-order chi connectivity index (χ1) is 7.91. The summed E-state index contributed by atoms with van der Waals surface area (Å²) in [6.45, 7) is 4.38. The normalized spacial score (nSPS) is 9.16. The minimum Gasteiger partial charge on any atom is -0.330 e. The Bertz CT molecular complexity index is 116. The Hall–Kier alpha value is -0.330. The Morgan fingerprint density at radius 2 is 1.05 bits per heavy atom. The van der Waals surface area contributed by atoms with Gasteiger partial charge in [-0.05, 0) is 58.9 Å². The summed E-state index contributed by atoms with van der Waals surface area (Å²) in [7, 11) is 2.02. The topological polar surface area (TPSA) is 50.1 Å².